The van der Waals surface area contributed by atoms with Crippen LogP contribution in [0.1, 0.15) is 45.4 Å². The predicted octanol–water partition coefficient (Wildman–Crippen LogP) is 1.09. The van der Waals surface area contributed by atoms with Crippen LogP contribution in [0.4, 0.5) is 0 Å². The molecule has 2 aliphatic heterocycles. The van der Waals surface area contributed by atoms with Crippen LogP contribution in [0.15, 0.2) is 0 Å². The molecular formula is C16H28N2O4. The van der Waals surface area contributed by atoms with Crippen molar-refractivity contribution in [3.63, 3.8) is 0 Å². The summed E-state index contributed by atoms with van der Waals surface area (Å²) < 4.78 is 11.2. The Balaban J connectivity index is 1.53. The molecule has 0 aliphatic carbocycles. The third kappa shape index (κ3) is 5.57. The summed E-state index contributed by atoms with van der Waals surface area (Å²) >= 11 is 0. The number of hydrogen-bond donors (Lipinski definition) is 1. The molecule has 0 aromatic heterocycles. The first-order chi connectivity index (χ1) is 10.7. The van der Waals surface area contributed by atoms with Gasteiger partial charge in [0.15, 0.2) is 0 Å². The minimum atomic E-state index is -0.459. The Hall–Kier alpha value is -1.14. The van der Waals surface area contributed by atoms with Crippen LogP contribution in [0.2, 0.25) is 0 Å². The number of carbonyl (C=O) groups excluding carboxylic acids is 2. The van der Waals surface area contributed by atoms with Crippen LogP contribution in [0.5, 0.6) is 0 Å². The summed E-state index contributed by atoms with van der Waals surface area (Å²) in [6.45, 7) is 5.21. The zero-order valence-corrected chi connectivity index (χ0v) is 13.5. The quantitative estimate of drug-likeness (QED) is 0.681. The predicted molar refractivity (Wildman–Crippen MR) is 82.4 cm³/mol. The molecular weight excluding hydrogens is 284 g/mol. The van der Waals surface area contributed by atoms with Crippen molar-refractivity contribution in [1.29, 1.82) is 0 Å². The molecule has 2 atom stereocenters. The van der Waals surface area contributed by atoms with E-state index in [0.29, 0.717) is 19.6 Å². The molecule has 2 saturated heterocycles. The highest BCUT2D eigenvalue weighted by Gasteiger charge is 2.20. The van der Waals surface area contributed by atoms with E-state index in [1.807, 2.05) is 4.90 Å². The van der Waals surface area contributed by atoms with Crippen molar-refractivity contribution in [2.75, 3.05) is 32.8 Å². The Labute approximate surface area is 132 Å². The zero-order valence-electron chi connectivity index (χ0n) is 13.5. The molecule has 2 heterocycles. The summed E-state index contributed by atoms with van der Waals surface area (Å²) in [6.07, 6.45) is 5.38. The molecule has 2 rings (SSSR count). The van der Waals surface area contributed by atoms with E-state index in [-0.39, 0.29) is 17.9 Å². The molecule has 0 aromatic carbocycles. The molecule has 6 nitrogen and oxygen atoms in total. The molecule has 0 bridgehead atoms. The van der Waals surface area contributed by atoms with Gasteiger partial charge in [-0.05, 0) is 39.0 Å². The maximum atomic E-state index is 11.9. The second-order valence-corrected chi connectivity index (χ2v) is 6.09. The third-order valence-electron chi connectivity index (χ3n) is 4.25. The molecule has 0 spiro atoms. The molecule has 2 unspecified atom stereocenters. The lowest BCUT2D eigenvalue weighted by Crippen LogP contribution is -2.38. The van der Waals surface area contributed by atoms with Gasteiger partial charge in [0.1, 0.15) is 6.10 Å². The van der Waals surface area contributed by atoms with Gasteiger partial charge in [-0.1, -0.05) is 0 Å². The summed E-state index contributed by atoms with van der Waals surface area (Å²) in [5.74, 6) is 0.138. The van der Waals surface area contributed by atoms with Gasteiger partial charge in [-0.25, -0.2) is 0 Å². The summed E-state index contributed by atoms with van der Waals surface area (Å²) in [5, 5.41) is 2.87. The van der Waals surface area contributed by atoms with E-state index in [0.717, 1.165) is 45.4 Å². The molecule has 2 aliphatic rings. The Bertz CT molecular complexity index is 369. The number of amides is 2. The lowest BCUT2D eigenvalue weighted by Gasteiger charge is -2.24. The monoisotopic (exact) mass is 312 g/mol. The van der Waals surface area contributed by atoms with E-state index in [1.54, 1.807) is 6.92 Å². The number of hydrogen-bond acceptors (Lipinski definition) is 4. The van der Waals surface area contributed by atoms with E-state index in [2.05, 4.69) is 5.32 Å². The van der Waals surface area contributed by atoms with Gasteiger partial charge >= 0.3 is 0 Å². The molecule has 22 heavy (non-hydrogen) atoms. The average molecular weight is 312 g/mol. The van der Waals surface area contributed by atoms with Gasteiger partial charge in [-0.3, -0.25) is 9.59 Å². The van der Waals surface area contributed by atoms with Crippen LogP contribution in [0, 0.1) is 0 Å². The average Bonchev–Trinajstić information content (AvgIpc) is 2.95. The fourth-order valence-corrected chi connectivity index (χ4v) is 2.83. The molecule has 0 saturated carbocycles. The maximum Gasteiger partial charge on any atom is 0.248 e. The SMILES string of the molecule is CC(OCC1CCCCO1)C(=O)NCCCN1CCCC1=O. The molecule has 1 N–H and O–H groups in total. The normalized spacial score (nSPS) is 23.6. The van der Waals surface area contributed by atoms with Crippen LogP contribution in [-0.4, -0.2) is 61.8 Å². The molecule has 2 amide bonds. The Morgan fingerprint density at radius 1 is 1.45 bits per heavy atom. The number of likely N-dealkylation sites (tertiary alicyclic amines) is 1. The highest BCUT2D eigenvalue weighted by Crippen LogP contribution is 2.13. The van der Waals surface area contributed by atoms with Crippen molar-refractivity contribution >= 4 is 11.8 Å². The van der Waals surface area contributed by atoms with Gasteiger partial charge in [0.05, 0.1) is 12.7 Å². The molecule has 6 heteroatoms. The molecule has 2 fully saturated rings. The molecule has 0 aromatic rings. The van der Waals surface area contributed by atoms with Crippen molar-refractivity contribution in [2.45, 2.75) is 57.7 Å². The number of nitrogens with zero attached hydrogens (tertiary/aromatic N) is 1. The second-order valence-electron chi connectivity index (χ2n) is 6.09. The van der Waals surface area contributed by atoms with E-state index in [9.17, 15) is 9.59 Å². The summed E-state index contributed by atoms with van der Waals surface area (Å²) in [7, 11) is 0. The standard InChI is InChI=1S/C16H28N2O4/c1-13(22-12-14-6-2-3-11-21-14)16(20)17-8-5-10-18-9-4-7-15(18)19/h13-14H,2-12H2,1H3,(H,17,20). The number of nitrogens with one attached hydrogen (secondary N) is 1. The van der Waals surface area contributed by atoms with E-state index in [1.165, 1.54) is 6.42 Å². The smallest absolute Gasteiger partial charge is 0.248 e. The lowest BCUT2D eigenvalue weighted by atomic mass is 10.1. The Morgan fingerprint density at radius 2 is 2.32 bits per heavy atom. The number of ether oxygens (including phenoxy) is 2. The van der Waals surface area contributed by atoms with Crippen molar-refractivity contribution in [2.24, 2.45) is 0 Å². The third-order valence-corrected chi connectivity index (χ3v) is 4.25. The Kier molecular flexibility index (Phi) is 7.12. The van der Waals surface area contributed by atoms with Gasteiger partial charge in [-0.15, -0.1) is 0 Å². The van der Waals surface area contributed by atoms with Crippen molar-refractivity contribution < 1.29 is 19.1 Å². The first-order valence-electron chi connectivity index (χ1n) is 8.45. The lowest BCUT2D eigenvalue weighted by molar-refractivity contribution is -0.135. The maximum absolute atomic E-state index is 11.9. The van der Waals surface area contributed by atoms with Gasteiger partial charge in [0, 0.05) is 32.7 Å². The number of rotatable bonds is 8. The molecule has 0 radical (unpaired) electrons. The van der Waals surface area contributed by atoms with Crippen LogP contribution < -0.4 is 5.32 Å². The van der Waals surface area contributed by atoms with E-state index >= 15 is 0 Å². The van der Waals surface area contributed by atoms with Crippen molar-refractivity contribution in [3.05, 3.63) is 0 Å². The van der Waals surface area contributed by atoms with Crippen LogP contribution >= 0.6 is 0 Å². The van der Waals surface area contributed by atoms with Crippen LogP contribution in [0.3, 0.4) is 0 Å². The van der Waals surface area contributed by atoms with Crippen molar-refractivity contribution in [3.8, 4) is 0 Å². The minimum absolute atomic E-state index is 0.0939. The van der Waals surface area contributed by atoms with Gasteiger partial charge < -0.3 is 19.7 Å². The van der Waals surface area contributed by atoms with E-state index < -0.39 is 6.10 Å². The van der Waals surface area contributed by atoms with E-state index in [4.69, 9.17) is 9.47 Å². The highest BCUT2D eigenvalue weighted by molar-refractivity contribution is 5.80. The van der Waals surface area contributed by atoms with Crippen molar-refractivity contribution in [1.82, 2.24) is 10.2 Å². The van der Waals surface area contributed by atoms with Crippen LogP contribution in [0.25, 0.3) is 0 Å². The summed E-state index contributed by atoms with van der Waals surface area (Å²) in [5.41, 5.74) is 0. The fourth-order valence-electron chi connectivity index (χ4n) is 2.83. The first kappa shape index (κ1) is 17.2. The fraction of sp³-hybridized carbons (Fsp3) is 0.875. The van der Waals surface area contributed by atoms with Crippen LogP contribution in [-0.2, 0) is 19.1 Å². The van der Waals surface area contributed by atoms with Gasteiger partial charge in [0.2, 0.25) is 11.8 Å². The molecule has 126 valence electrons. The number of carbonyl (C=O) groups is 2. The van der Waals surface area contributed by atoms with Gasteiger partial charge in [0.25, 0.3) is 0 Å². The second kappa shape index (κ2) is 9.10. The highest BCUT2D eigenvalue weighted by atomic mass is 16.5. The summed E-state index contributed by atoms with van der Waals surface area (Å²) in [6, 6.07) is 0. The first-order valence-corrected chi connectivity index (χ1v) is 8.45. The summed E-state index contributed by atoms with van der Waals surface area (Å²) in [4.78, 5) is 25.2. The topological polar surface area (TPSA) is 67.9 Å². The minimum Gasteiger partial charge on any atom is -0.376 e. The van der Waals surface area contributed by atoms with Gasteiger partial charge in [-0.2, -0.15) is 0 Å². The Morgan fingerprint density at radius 3 is 3.00 bits per heavy atom. The largest absolute Gasteiger partial charge is 0.376 e. The zero-order chi connectivity index (χ0) is 15.8.